The smallest absolute Gasteiger partial charge is 0.264 e. The minimum atomic E-state index is -4.06. The van der Waals surface area contributed by atoms with Crippen molar-refractivity contribution in [1.29, 1.82) is 0 Å². The van der Waals surface area contributed by atoms with Gasteiger partial charge in [-0.1, -0.05) is 29.4 Å². The molecule has 11 heteroatoms. The number of carbonyl (C=O) groups excluding carboxylic acids is 1. The Morgan fingerprint density at radius 3 is 2.48 bits per heavy atom. The number of likely N-dealkylation sites (N-methyl/N-ethyl adjacent to an activating group) is 1. The van der Waals surface area contributed by atoms with Gasteiger partial charge in [-0.05, 0) is 60.9 Å². The molecule has 0 spiro atoms. The van der Waals surface area contributed by atoms with Crippen LogP contribution in [0, 0.1) is 13.8 Å². The van der Waals surface area contributed by atoms with Crippen LogP contribution in [0.4, 0.5) is 5.88 Å². The summed E-state index contributed by atoms with van der Waals surface area (Å²) in [4.78, 5) is 23.0. The maximum Gasteiger partial charge on any atom is 0.264 e. The lowest BCUT2D eigenvalue weighted by Crippen LogP contribution is -2.28. The van der Waals surface area contributed by atoms with E-state index in [4.69, 9.17) is 8.94 Å². The van der Waals surface area contributed by atoms with Crippen molar-refractivity contribution in [2.45, 2.75) is 31.7 Å². The molecule has 204 valence electrons. The quantitative estimate of drug-likeness (QED) is 0.268. The largest absolute Gasteiger partial charge is 0.445 e. The molecule has 0 unspecified atom stereocenters. The van der Waals surface area contributed by atoms with Gasteiger partial charge >= 0.3 is 0 Å². The second kappa shape index (κ2) is 11.1. The maximum absolute atomic E-state index is 13.6. The summed E-state index contributed by atoms with van der Waals surface area (Å²) < 4.78 is 40.3. The van der Waals surface area contributed by atoms with Gasteiger partial charge in [-0.2, -0.15) is 0 Å². The molecule has 40 heavy (non-hydrogen) atoms. The number of aryl methyl sites for hydroxylation is 1. The summed E-state index contributed by atoms with van der Waals surface area (Å²) in [5.41, 5.74) is 4.57. The van der Waals surface area contributed by atoms with Gasteiger partial charge in [0.05, 0.1) is 23.2 Å². The number of rotatable bonds is 9. The first-order valence-electron chi connectivity index (χ1n) is 12.4. The van der Waals surface area contributed by atoms with Gasteiger partial charge in [-0.15, -0.1) is 0 Å². The third-order valence-electron chi connectivity index (χ3n) is 6.57. The number of oxazole rings is 1. The predicted octanol–water partition coefficient (Wildman–Crippen LogP) is 5.01. The van der Waals surface area contributed by atoms with Crippen LogP contribution >= 0.6 is 0 Å². The minimum absolute atomic E-state index is 0.0549. The van der Waals surface area contributed by atoms with Crippen molar-refractivity contribution in [3.05, 3.63) is 102 Å². The topological polar surface area (TPSA) is 131 Å². The number of amides is 1. The number of hydrogen-bond donors (Lipinski definition) is 1. The zero-order valence-electron chi connectivity index (χ0n) is 22.2. The molecule has 0 radical (unpaired) electrons. The number of aromatic nitrogens is 3. The van der Waals surface area contributed by atoms with Gasteiger partial charge in [0.1, 0.15) is 6.26 Å². The van der Waals surface area contributed by atoms with Crippen LogP contribution in [-0.2, 0) is 27.8 Å². The van der Waals surface area contributed by atoms with Crippen LogP contribution < -0.4 is 4.72 Å². The van der Waals surface area contributed by atoms with E-state index in [-0.39, 0.29) is 29.7 Å². The molecule has 10 nitrogen and oxygen atoms in total. The molecule has 3 heterocycles. The Balaban J connectivity index is 1.54. The van der Waals surface area contributed by atoms with Crippen molar-refractivity contribution in [1.82, 2.24) is 20.0 Å². The predicted molar refractivity (Wildman–Crippen MR) is 149 cm³/mol. The number of hydrogen-bond acceptors (Lipinski definition) is 8. The number of sulfonamides is 1. The van der Waals surface area contributed by atoms with Crippen LogP contribution in [0.3, 0.4) is 0 Å². The fraction of sp³-hybridized carbons (Fsp3) is 0.172. The highest BCUT2D eigenvalue weighted by Gasteiger charge is 2.24. The lowest BCUT2D eigenvalue weighted by Gasteiger charge is -2.21. The molecule has 3 aromatic heterocycles. The van der Waals surface area contributed by atoms with E-state index < -0.39 is 10.0 Å². The average molecular weight is 558 g/mol. The zero-order chi connectivity index (χ0) is 28.3. The molecule has 5 rings (SSSR count). The SMILES string of the molecule is Cc1noc(NS(=O)(=O)c2ccccc2-c2ccc(-c3ncco3)cc2CN(C)C(=O)Cc2ccncc2)c1C. The van der Waals surface area contributed by atoms with Crippen LogP contribution in [0.25, 0.3) is 22.6 Å². The van der Waals surface area contributed by atoms with E-state index in [1.807, 2.05) is 18.2 Å². The highest BCUT2D eigenvalue weighted by atomic mass is 32.2. The Bertz CT molecular complexity index is 1750. The Morgan fingerprint density at radius 1 is 1.00 bits per heavy atom. The van der Waals surface area contributed by atoms with Crippen LogP contribution in [0.2, 0.25) is 0 Å². The molecule has 0 aliphatic heterocycles. The molecule has 0 atom stereocenters. The number of nitrogens with one attached hydrogen (secondary N) is 1. The Kier molecular flexibility index (Phi) is 7.47. The molecule has 0 saturated heterocycles. The van der Waals surface area contributed by atoms with Crippen LogP contribution in [0.1, 0.15) is 22.4 Å². The normalized spacial score (nSPS) is 11.4. The van der Waals surface area contributed by atoms with Crippen molar-refractivity contribution >= 4 is 21.8 Å². The first-order chi connectivity index (χ1) is 19.2. The number of anilines is 1. The van der Waals surface area contributed by atoms with Crippen molar-refractivity contribution in [2.24, 2.45) is 0 Å². The number of pyridine rings is 1. The van der Waals surface area contributed by atoms with E-state index in [0.29, 0.717) is 33.8 Å². The molecule has 0 aliphatic carbocycles. The highest BCUT2D eigenvalue weighted by molar-refractivity contribution is 7.92. The van der Waals surface area contributed by atoms with Gasteiger partial charge in [0, 0.05) is 42.7 Å². The molecule has 0 fully saturated rings. The first-order valence-corrected chi connectivity index (χ1v) is 13.9. The Labute approximate surface area is 231 Å². The number of carbonyl (C=O) groups is 1. The molecule has 2 aromatic carbocycles. The fourth-order valence-electron chi connectivity index (χ4n) is 4.25. The van der Waals surface area contributed by atoms with Gasteiger partial charge in [0.2, 0.25) is 17.7 Å². The molecule has 0 aliphatic rings. The van der Waals surface area contributed by atoms with E-state index in [0.717, 1.165) is 11.1 Å². The van der Waals surface area contributed by atoms with Gasteiger partial charge in [0.25, 0.3) is 10.0 Å². The van der Waals surface area contributed by atoms with Crippen molar-refractivity contribution < 1.29 is 22.2 Å². The zero-order valence-corrected chi connectivity index (χ0v) is 23.0. The standard InChI is InChI=1S/C29H27N5O5S/c1-19-20(2)32-39-28(19)33-40(36,37)26-7-5-4-6-25(26)24-9-8-22(29-31-14-15-38-29)17-23(24)18-34(3)27(35)16-21-10-12-30-13-11-21/h4-15,17,33H,16,18H2,1-3H3. The summed E-state index contributed by atoms with van der Waals surface area (Å²) in [5.74, 6) is 0.378. The lowest BCUT2D eigenvalue weighted by molar-refractivity contribution is -0.129. The van der Waals surface area contributed by atoms with E-state index in [1.165, 1.54) is 12.3 Å². The van der Waals surface area contributed by atoms with Gasteiger partial charge in [-0.3, -0.25) is 9.78 Å². The summed E-state index contributed by atoms with van der Waals surface area (Å²) in [7, 11) is -2.35. The first kappa shape index (κ1) is 26.8. The molecule has 1 amide bonds. The summed E-state index contributed by atoms with van der Waals surface area (Å²) in [6.45, 7) is 3.68. The Hall–Kier alpha value is -4.77. The van der Waals surface area contributed by atoms with E-state index >= 15 is 0 Å². The van der Waals surface area contributed by atoms with E-state index in [1.54, 1.807) is 74.7 Å². The minimum Gasteiger partial charge on any atom is -0.445 e. The average Bonchev–Trinajstić information content (AvgIpc) is 3.60. The summed E-state index contributed by atoms with van der Waals surface area (Å²) in [5, 5.41) is 3.84. The van der Waals surface area contributed by atoms with Gasteiger partial charge in [-0.25, -0.2) is 18.1 Å². The Morgan fingerprint density at radius 2 is 1.77 bits per heavy atom. The second-order valence-corrected chi connectivity index (χ2v) is 11.0. The number of benzene rings is 2. The van der Waals surface area contributed by atoms with E-state index in [9.17, 15) is 13.2 Å². The van der Waals surface area contributed by atoms with E-state index in [2.05, 4.69) is 19.8 Å². The maximum atomic E-state index is 13.6. The van der Waals surface area contributed by atoms with Crippen LogP contribution in [0.5, 0.6) is 0 Å². The third kappa shape index (κ3) is 5.64. The molecule has 1 N–H and O–H groups in total. The molecular weight excluding hydrogens is 530 g/mol. The monoisotopic (exact) mass is 557 g/mol. The molecule has 0 bridgehead atoms. The van der Waals surface area contributed by atoms with Crippen molar-refractivity contribution in [2.75, 3.05) is 11.8 Å². The summed E-state index contributed by atoms with van der Waals surface area (Å²) >= 11 is 0. The van der Waals surface area contributed by atoms with Crippen molar-refractivity contribution in [3.63, 3.8) is 0 Å². The summed E-state index contributed by atoms with van der Waals surface area (Å²) in [6.07, 6.45) is 6.53. The van der Waals surface area contributed by atoms with Crippen LogP contribution in [0.15, 0.2) is 93.3 Å². The molecule has 5 aromatic rings. The second-order valence-electron chi connectivity index (χ2n) is 9.31. The molecular formula is C29H27N5O5S. The third-order valence-corrected chi connectivity index (χ3v) is 7.96. The molecule has 0 saturated carbocycles. The van der Waals surface area contributed by atoms with Gasteiger partial charge in [0.15, 0.2) is 0 Å². The van der Waals surface area contributed by atoms with Crippen molar-refractivity contribution in [3.8, 4) is 22.6 Å². The fourth-order valence-corrected chi connectivity index (χ4v) is 5.52. The summed E-state index contributed by atoms with van der Waals surface area (Å²) in [6, 6.07) is 15.8. The lowest BCUT2D eigenvalue weighted by atomic mass is 9.96. The van der Waals surface area contributed by atoms with Crippen LogP contribution in [-0.4, -0.2) is 41.4 Å². The number of nitrogens with zero attached hydrogens (tertiary/aromatic N) is 4. The highest BCUT2D eigenvalue weighted by Crippen LogP contribution is 2.34. The van der Waals surface area contributed by atoms with Gasteiger partial charge < -0.3 is 13.8 Å².